The first-order valence-electron chi connectivity index (χ1n) is 6.14. The van der Waals surface area contributed by atoms with Gasteiger partial charge in [0.1, 0.15) is 0 Å². The molecule has 0 bridgehead atoms. The maximum absolute atomic E-state index is 7.64. The molecule has 7 heteroatoms. The minimum atomic E-state index is 0. The summed E-state index contributed by atoms with van der Waals surface area (Å²) in [5.74, 6) is 0.666. The van der Waals surface area contributed by atoms with Crippen molar-refractivity contribution in [1.29, 1.82) is 5.41 Å². The quantitative estimate of drug-likeness (QED) is 0.643. The summed E-state index contributed by atoms with van der Waals surface area (Å²) in [6.07, 6.45) is 0. The van der Waals surface area contributed by atoms with Gasteiger partial charge in [0.15, 0.2) is 5.13 Å². The van der Waals surface area contributed by atoms with E-state index in [1.165, 1.54) is 4.70 Å². The first-order chi connectivity index (χ1) is 8.74. The van der Waals surface area contributed by atoms with Crippen molar-refractivity contribution >= 4 is 57.3 Å². The summed E-state index contributed by atoms with van der Waals surface area (Å²) in [6, 6.07) is 8.27. The van der Waals surface area contributed by atoms with Crippen LogP contribution in [0.2, 0.25) is 0 Å². The molecule has 20 heavy (non-hydrogen) atoms. The molecule has 1 aliphatic rings. The molecule has 110 valence electrons. The monoisotopic (exact) mass is 332 g/mol. The Labute approximate surface area is 135 Å². The van der Waals surface area contributed by atoms with Gasteiger partial charge < -0.3 is 9.80 Å². The van der Waals surface area contributed by atoms with Crippen molar-refractivity contribution in [3.05, 3.63) is 24.3 Å². The molecule has 0 amide bonds. The van der Waals surface area contributed by atoms with Gasteiger partial charge in [-0.2, -0.15) is 0 Å². The lowest BCUT2D eigenvalue weighted by Crippen LogP contribution is -2.47. The molecular formula is C13H18Cl2N4S. The van der Waals surface area contributed by atoms with Crippen LogP contribution in [0.25, 0.3) is 10.2 Å². The summed E-state index contributed by atoms with van der Waals surface area (Å²) in [4.78, 5) is 9.12. The van der Waals surface area contributed by atoms with Crippen LogP contribution in [-0.4, -0.2) is 41.9 Å². The van der Waals surface area contributed by atoms with Crippen molar-refractivity contribution in [3.8, 4) is 0 Å². The predicted octanol–water partition coefficient (Wildman–Crippen LogP) is 3.26. The van der Waals surface area contributed by atoms with Gasteiger partial charge in [-0.05, 0) is 19.1 Å². The van der Waals surface area contributed by atoms with Crippen molar-refractivity contribution in [3.63, 3.8) is 0 Å². The van der Waals surface area contributed by atoms with Gasteiger partial charge in [-0.3, -0.25) is 5.41 Å². The van der Waals surface area contributed by atoms with E-state index in [-0.39, 0.29) is 24.8 Å². The Morgan fingerprint density at radius 1 is 1.15 bits per heavy atom. The average molecular weight is 333 g/mol. The molecule has 2 heterocycles. The largest absolute Gasteiger partial charge is 0.357 e. The van der Waals surface area contributed by atoms with Crippen LogP contribution in [-0.2, 0) is 0 Å². The van der Waals surface area contributed by atoms with Crippen LogP contribution in [0.1, 0.15) is 6.92 Å². The number of rotatable bonds is 1. The van der Waals surface area contributed by atoms with Crippen LogP contribution < -0.4 is 4.90 Å². The summed E-state index contributed by atoms with van der Waals surface area (Å²) < 4.78 is 1.25. The number of amidine groups is 1. The Hall–Kier alpha value is -1.04. The van der Waals surface area contributed by atoms with Crippen molar-refractivity contribution in [1.82, 2.24) is 9.88 Å². The number of aromatic nitrogens is 1. The number of halogens is 2. The molecule has 0 radical (unpaired) electrons. The number of nitrogens with one attached hydrogen (secondary N) is 1. The summed E-state index contributed by atoms with van der Waals surface area (Å²) in [7, 11) is 0. The van der Waals surface area contributed by atoms with Gasteiger partial charge in [0.05, 0.1) is 16.1 Å². The van der Waals surface area contributed by atoms with E-state index >= 15 is 0 Å². The maximum Gasteiger partial charge on any atom is 0.186 e. The normalized spacial score (nSPS) is 14.7. The van der Waals surface area contributed by atoms with E-state index in [4.69, 9.17) is 5.41 Å². The zero-order valence-corrected chi connectivity index (χ0v) is 13.7. The summed E-state index contributed by atoms with van der Waals surface area (Å²) in [6.45, 7) is 5.61. The first kappa shape index (κ1) is 17.0. The van der Waals surface area contributed by atoms with Gasteiger partial charge in [0.25, 0.3) is 0 Å². The lowest BCUT2D eigenvalue weighted by Gasteiger charge is -2.35. The molecule has 0 spiro atoms. The van der Waals surface area contributed by atoms with Crippen molar-refractivity contribution in [2.24, 2.45) is 0 Å². The first-order valence-corrected chi connectivity index (χ1v) is 6.96. The fourth-order valence-corrected chi connectivity index (χ4v) is 3.25. The van der Waals surface area contributed by atoms with Crippen LogP contribution in [0.5, 0.6) is 0 Å². The van der Waals surface area contributed by atoms with E-state index in [9.17, 15) is 0 Å². The minimum Gasteiger partial charge on any atom is -0.357 e. The second-order valence-electron chi connectivity index (χ2n) is 4.52. The van der Waals surface area contributed by atoms with Crippen molar-refractivity contribution in [2.45, 2.75) is 6.92 Å². The van der Waals surface area contributed by atoms with Gasteiger partial charge in [-0.1, -0.05) is 23.5 Å². The number of nitrogens with zero attached hydrogens (tertiary/aromatic N) is 3. The van der Waals surface area contributed by atoms with E-state index in [2.05, 4.69) is 33.0 Å². The third-order valence-electron chi connectivity index (χ3n) is 3.31. The Morgan fingerprint density at radius 3 is 2.40 bits per heavy atom. The topological polar surface area (TPSA) is 43.2 Å². The number of benzene rings is 1. The standard InChI is InChI=1S/C13H16N4S.2ClH/c1-10(14)16-6-8-17(9-7-16)13-15-11-4-2-3-5-12(11)18-13;;/h2-5,14H,6-9H2,1H3;2*1H. The van der Waals surface area contributed by atoms with Crippen LogP contribution in [0.15, 0.2) is 24.3 Å². The molecule has 1 aliphatic heterocycles. The smallest absolute Gasteiger partial charge is 0.186 e. The van der Waals surface area contributed by atoms with Gasteiger partial charge in [0, 0.05) is 26.2 Å². The predicted molar refractivity (Wildman–Crippen MR) is 91.3 cm³/mol. The molecular weight excluding hydrogens is 315 g/mol. The highest BCUT2D eigenvalue weighted by molar-refractivity contribution is 7.22. The Kier molecular flexibility index (Phi) is 6.05. The molecule has 1 fully saturated rings. The van der Waals surface area contributed by atoms with E-state index in [0.29, 0.717) is 5.84 Å². The van der Waals surface area contributed by atoms with E-state index in [0.717, 1.165) is 36.8 Å². The number of para-hydroxylation sites is 1. The highest BCUT2D eigenvalue weighted by Crippen LogP contribution is 2.28. The Morgan fingerprint density at radius 2 is 1.80 bits per heavy atom. The van der Waals surface area contributed by atoms with Crippen LogP contribution >= 0.6 is 36.2 Å². The molecule has 0 saturated carbocycles. The average Bonchev–Trinajstić information content (AvgIpc) is 2.82. The molecule has 0 aliphatic carbocycles. The maximum atomic E-state index is 7.64. The third kappa shape index (κ3) is 3.34. The Balaban J connectivity index is 0.000001000. The SMILES string of the molecule is CC(=N)N1CCN(c2nc3ccccc3s2)CC1.Cl.Cl. The van der Waals surface area contributed by atoms with E-state index < -0.39 is 0 Å². The molecule has 0 unspecified atom stereocenters. The highest BCUT2D eigenvalue weighted by atomic mass is 35.5. The molecule has 1 saturated heterocycles. The number of piperazine rings is 1. The number of hydrogen-bond donors (Lipinski definition) is 1. The van der Waals surface area contributed by atoms with Gasteiger partial charge in [-0.25, -0.2) is 4.98 Å². The second-order valence-corrected chi connectivity index (χ2v) is 5.53. The van der Waals surface area contributed by atoms with Crippen molar-refractivity contribution in [2.75, 3.05) is 31.1 Å². The van der Waals surface area contributed by atoms with E-state index in [1.807, 2.05) is 13.0 Å². The number of hydrogen-bond acceptors (Lipinski definition) is 4. The lowest BCUT2D eigenvalue weighted by molar-refractivity contribution is 0.381. The second kappa shape index (κ2) is 7.11. The molecule has 1 aromatic carbocycles. The van der Waals surface area contributed by atoms with Gasteiger partial charge in [0.2, 0.25) is 0 Å². The van der Waals surface area contributed by atoms with Crippen LogP contribution in [0, 0.1) is 5.41 Å². The zero-order valence-electron chi connectivity index (χ0n) is 11.2. The molecule has 3 rings (SSSR count). The fourth-order valence-electron chi connectivity index (χ4n) is 2.23. The lowest BCUT2D eigenvalue weighted by atomic mass is 10.3. The van der Waals surface area contributed by atoms with Crippen LogP contribution in [0.3, 0.4) is 0 Å². The third-order valence-corrected chi connectivity index (χ3v) is 4.40. The molecule has 0 atom stereocenters. The summed E-state index contributed by atoms with van der Waals surface area (Å²) >= 11 is 1.76. The van der Waals surface area contributed by atoms with Gasteiger partial charge in [-0.15, -0.1) is 24.8 Å². The molecule has 4 nitrogen and oxygen atoms in total. The molecule has 1 aromatic heterocycles. The summed E-state index contributed by atoms with van der Waals surface area (Å²) in [5.41, 5.74) is 1.09. The van der Waals surface area contributed by atoms with Crippen molar-refractivity contribution < 1.29 is 0 Å². The van der Waals surface area contributed by atoms with E-state index in [1.54, 1.807) is 11.3 Å². The molecule has 2 aromatic rings. The fraction of sp³-hybridized carbons (Fsp3) is 0.385. The number of anilines is 1. The molecule has 1 N–H and O–H groups in total. The number of fused-ring (bicyclic) bond motifs is 1. The number of thiazole rings is 1. The minimum absolute atomic E-state index is 0. The van der Waals surface area contributed by atoms with Crippen LogP contribution in [0.4, 0.5) is 5.13 Å². The Bertz CT molecular complexity index is 546. The summed E-state index contributed by atoms with van der Waals surface area (Å²) in [5, 5.41) is 8.75. The zero-order chi connectivity index (χ0) is 12.5. The highest BCUT2D eigenvalue weighted by Gasteiger charge is 2.19. The van der Waals surface area contributed by atoms with Gasteiger partial charge >= 0.3 is 0 Å².